The molecule has 138 valence electrons. The molecular weight excluding hydrogens is 350 g/mol. The Balaban J connectivity index is 1.35. The lowest BCUT2D eigenvalue weighted by atomic mass is 9.98. The summed E-state index contributed by atoms with van der Waals surface area (Å²) >= 11 is 0. The number of hydrogen-bond acceptors (Lipinski definition) is 4. The predicted molar refractivity (Wildman–Crippen MR) is 109 cm³/mol. The highest BCUT2D eigenvalue weighted by Gasteiger charge is 2.28. The second-order valence-electron chi connectivity index (χ2n) is 6.46. The summed E-state index contributed by atoms with van der Waals surface area (Å²) in [5.41, 5.74) is 11.6. The van der Waals surface area contributed by atoms with E-state index in [1.807, 2.05) is 24.3 Å². The van der Waals surface area contributed by atoms with E-state index in [1.54, 1.807) is 18.3 Å². The second-order valence-corrected chi connectivity index (χ2v) is 6.46. The molecule has 1 amide bonds. The molecule has 1 heterocycles. The molecule has 1 aliphatic carbocycles. The van der Waals surface area contributed by atoms with Gasteiger partial charge in [-0.15, -0.1) is 0 Å². The average Bonchev–Trinajstić information content (AvgIpc) is 3.04. The number of hydrogen-bond donors (Lipinski definition) is 2. The van der Waals surface area contributed by atoms with Crippen molar-refractivity contribution in [2.24, 2.45) is 0 Å². The fourth-order valence-electron chi connectivity index (χ4n) is 3.42. The molecule has 0 radical (unpaired) electrons. The van der Waals surface area contributed by atoms with Gasteiger partial charge < -0.3 is 15.8 Å². The molecule has 1 aromatic heterocycles. The summed E-state index contributed by atoms with van der Waals surface area (Å²) in [4.78, 5) is 16.1. The predicted octanol–water partition coefficient (Wildman–Crippen LogP) is 3.55. The number of pyridine rings is 1. The van der Waals surface area contributed by atoms with Gasteiger partial charge in [0.15, 0.2) is 0 Å². The lowest BCUT2D eigenvalue weighted by Crippen LogP contribution is -2.26. The van der Waals surface area contributed by atoms with E-state index in [-0.39, 0.29) is 19.1 Å². The maximum atomic E-state index is 12.1. The summed E-state index contributed by atoms with van der Waals surface area (Å²) in [6, 6.07) is 19.8. The Hall–Kier alpha value is -3.78. The topological polar surface area (TPSA) is 77.2 Å². The number of carbonyl (C=O) groups is 1. The number of carbonyl (C=O) groups excluding carboxylic acids is 1. The van der Waals surface area contributed by atoms with Crippen molar-refractivity contribution in [1.82, 2.24) is 10.3 Å². The van der Waals surface area contributed by atoms with Gasteiger partial charge in [0, 0.05) is 17.8 Å². The van der Waals surface area contributed by atoms with E-state index >= 15 is 0 Å². The van der Waals surface area contributed by atoms with Crippen LogP contribution in [0.25, 0.3) is 11.1 Å². The molecule has 28 heavy (non-hydrogen) atoms. The third-order valence-electron chi connectivity index (χ3n) is 4.67. The van der Waals surface area contributed by atoms with Gasteiger partial charge in [-0.25, -0.2) is 9.78 Å². The first-order valence-electron chi connectivity index (χ1n) is 9.01. The van der Waals surface area contributed by atoms with Crippen molar-refractivity contribution >= 4 is 11.8 Å². The van der Waals surface area contributed by atoms with Gasteiger partial charge >= 0.3 is 6.09 Å². The summed E-state index contributed by atoms with van der Waals surface area (Å²) in [7, 11) is 0. The minimum absolute atomic E-state index is 0.0423. The maximum absolute atomic E-state index is 12.1. The number of benzene rings is 2. The molecule has 4 rings (SSSR count). The Bertz CT molecular complexity index is 1040. The number of fused-ring (bicyclic) bond motifs is 3. The van der Waals surface area contributed by atoms with E-state index in [9.17, 15) is 4.79 Å². The van der Waals surface area contributed by atoms with Crippen LogP contribution < -0.4 is 11.1 Å². The van der Waals surface area contributed by atoms with Gasteiger partial charge in [-0.2, -0.15) is 0 Å². The van der Waals surface area contributed by atoms with Gasteiger partial charge in [0.2, 0.25) is 0 Å². The summed E-state index contributed by atoms with van der Waals surface area (Å²) in [6.07, 6.45) is 1.11. The normalized spacial score (nSPS) is 11.7. The number of nitrogens with one attached hydrogen (secondary N) is 1. The third-order valence-corrected chi connectivity index (χ3v) is 4.67. The van der Waals surface area contributed by atoms with Gasteiger partial charge in [0.1, 0.15) is 12.3 Å². The first-order valence-corrected chi connectivity index (χ1v) is 9.01. The van der Waals surface area contributed by atoms with Crippen molar-refractivity contribution in [1.29, 1.82) is 0 Å². The zero-order valence-electron chi connectivity index (χ0n) is 15.2. The molecule has 3 N–H and O–H groups in total. The number of nitrogens with two attached hydrogens (primary N) is 1. The average molecular weight is 369 g/mol. The van der Waals surface area contributed by atoms with Crippen LogP contribution in [-0.4, -0.2) is 24.2 Å². The van der Waals surface area contributed by atoms with E-state index in [1.165, 1.54) is 22.3 Å². The highest BCUT2D eigenvalue weighted by molar-refractivity contribution is 5.79. The molecular formula is C23H19N3O2. The fraction of sp³-hybridized carbons (Fsp3) is 0.130. The Morgan fingerprint density at radius 2 is 1.75 bits per heavy atom. The van der Waals surface area contributed by atoms with Crippen LogP contribution in [-0.2, 0) is 4.74 Å². The van der Waals surface area contributed by atoms with Gasteiger partial charge in [0.25, 0.3) is 0 Å². The molecule has 0 saturated carbocycles. The molecule has 1 aliphatic rings. The largest absolute Gasteiger partial charge is 0.449 e. The number of alkyl carbamates (subject to hydrolysis) is 1. The smallest absolute Gasteiger partial charge is 0.407 e. The van der Waals surface area contributed by atoms with Crippen molar-refractivity contribution < 1.29 is 9.53 Å². The Kier molecular flexibility index (Phi) is 4.94. The van der Waals surface area contributed by atoms with Crippen molar-refractivity contribution in [2.45, 2.75) is 5.92 Å². The SMILES string of the molecule is Nc1ccnc(C#CCNC(=O)OCC2c3ccccc3-c3ccccc32)c1. The molecule has 0 aliphatic heterocycles. The van der Waals surface area contributed by atoms with Crippen molar-refractivity contribution in [3.63, 3.8) is 0 Å². The lowest BCUT2D eigenvalue weighted by Gasteiger charge is -2.14. The minimum atomic E-state index is -0.489. The molecule has 0 unspecified atom stereocenters. The first kappa shape index (κ1) is 17.6. The van der Waals surface area contributed by atoms with Crippen LogP contribution in [0.15, 0.2) is 66.9 Å². The van der Waals surface area contributed by atoms with Gasteiger partial charge in [-0.1, -0.05) is 54.5 Å². The van der Waals surface area contributed by atoms with E-state index in [2.05, 4.69) is 46.4 Å². The summed E-state index contributed by atoms with van der Waals surface area (Å²) < 4.78 is 5.46. The van der Waals surface area contributed by atoms with Crippen LogP contribution in [0.3, 0.4) is 0 Å². The highest BCUT2D eigenvalue weighted by atomic mass is 16.5. The molecule has 0 spiro atoms. The van der Waals surface area contributed by atoms with Gasteiger partial charge in [-0.05, 0) is 40.3 Å². The molecule has 0 saturated heterocycles. The van der Waals surface area contributed by atoms with Gasteiger partial charge in [0.05, 0.1) is 6.54 Å². The molecule has 0 fully saturated rings. The van der Waals surface area contributed by atoms with E-state index < -0.39 is 6.09 Å². The molecule has 0 atom stereocenters. The molecule has 3 aromatic rings. The van der Waals surface area contributed by atoms with Crippen LogP contribution in [0.1, 0.15) is 22.7 Å². The number of nitrogens with zero attached hydrogens (tertiary/aromatic N) is 1. The van der Waals surface area contributed by atoms with E-state index in [0.717, 1.165) is 0 Å². The Labute approximate surface area is 163 Å². The van der Waals surface area contributed by atoms with Crippen LogP contribution in [0.4, 0.5) is 10.5 Å². The molecule has 2 aromatic carbocycles. The van der Waals surface area contributed by atoms with Crippen LogP contribution in [0.2, 0.25) is 0 Å². The second kappa shape index (κ2) is 7.85. The number of nitrogen functional groups attached to an aromatic ring is 1. The standard InChI is InChI=1S/C23H19N3O2/c24-16-11-13-25-17(14-16)6-5-12-26-23(27)28-15-22-20-9-3-1-7-18(20)19-8-2-4-10-21(19)22/h1-4,7-11,13-14,22H,12,15H2,(H2,24,25)(H,26,27). The molecule has 5 nitrogen and oxygen atoms in total. The first-order chi connectivity index (χ1) is 13.7. The number of aromatic nitrogens is 1. The number of ether oxygens (including phenoxy) is 1. The van der Waals surface area contributed by atoms with Crippen LogP contribution in [0.5, 0.6) is 0 Å². The van der Waals surface area contributed by atoms with E-state index in [4.69, 9.17) is 10.5 Å². The van der Waals surface area contributed by atoms with Crippen molar-refractivity contribution in [2.75, 3.05) is 18.9 Å². The fourth-order valence-corrected chi connectivity index (χ4v) is 3.42. The summed E-state index contributed by atoms with van der Waals surface area (Å²) in [5.74, 6) is 5.73. The number of anilines is 1. The van der Waals surface area contributed by atoms with Crippen molar-refractivity contribution in [3.8, 4) is 23.0 Å². The van der Waals surface area contributed by atoms with E-state index in [0.29, 0.717) is 11.4 Å². The maximum Gasteiger partial charge on any atom is 0.407 e. The number of amides is 1. The Morgan fingerprint density at radius 3 is 2.43 bits per heavy atom. The number of rotatable bonds is 3. The molecule has 5 heteroatoms. The quantitative estimate of drug-likeness (QED) is 0.692. The third kappa shape index (κ3) is 3.67. The monoisotopic (exact) mass is 369 g/mol. The Morgan fingerprint density at radius 1 is 1.07 bits per heavy atom. The lowest BCUT2D eigenvalue weighted by molar-refractivity contribution is 0.144. The zero-order valence-corrected chi connectivity index (χ0v) is 15.2. The highest BCUT2D eigenvalue weighted by Crippen LogP contribution is 2.44. The molecule has 0 bridgehead atoms. The van der Waals surface area contributed by atoms with Gasteiger partial charge in [-0.3, -0.25) is 0 Å². The zero-order chi connectivity index (χ0) is 19.3. The minimum Gasteiger partial charge on any atom is -0.449 e. The van der Waals surface area contributed by atoms with Crippen LogP contribution in [0, 0.1) is 11.8 Å². The van der Waals surface area contributed by atoms with Crippen LogP contribution >= 0.6 is 0 Å². The summed E-state index contributed by atoms with van der Waals surface area (Å²) in [5, 5.41) is 2.65. The summed E-state index contributed by atoms with van der Waals surface area (Å²) in [6.45, 7) is 0.456. The van der Waals surface area contributed by atoms with Crippen molar-refractivity contribution in [3.05, 3.63) is 83.7 Å².